The summed E-state index contributed by atoms with van der Waals surface area (Å²) in [6.45, 7) is 3.98. The Morgan fingerprint density at radius 1 is 1.50 bits per heavy atom. The van der Waals surface area contributed by atoms with Gasteiger partial charge in [0, 0.05) is 18.3 Å². The predicted molar refractivity (Wildman–Crippen MR) is 69.2 cm³/mol. The number of carbonyl (C=O) groups is 1. The van der Waals surface area contributed by atoms with Crippen LogP contribution in [0.2, 0.25) is 0 Å². The Morgan fingerprint density at radius 3 is 2.94 bits per heavy atom. The molecule has 0 radical (unpaired) electrons. The van der Waals surface area contributed by atoms with Crippen LogP contribution < -0.4 is 0 Å². The molecule has 0 bridgehead atoms. The summed E-state index contributed by atoms with van der Waals surface area (Å²) in [5.74, 6) is -0.178. The molecule has 4 nitrogen and oxygen atoms in total. The van der Waals surface area contributed by atoms with Crippen molar-refractivity contribution in [2.24, 2.45) is 0 Å². The molecule has 100 valence electrons. The van der Waals surface area contributed by atoms with E-state index >= 15 is 0 Å². The van der Waals surface area contributed by atoms with Crippen LogP contribution in [0.25, 0.3) is 0 Å². The molecule has 0 spiro atoms. The SMILES string of the molecule is CCOC(=O)CCc1cccnc1CCC(C)O. The summed E-state index contributed by atoms with van der Waals surface area (Å²) < 4.78 is 4.90. The van der Waals surface area contributed by atoms with Gasteiger partial charge < -0.3 is 9.84 Å². The summed E-state index contributed by atoms with van der Waals surface area (Å²) in [4.78, 5) is 15.6. The van der Waals surface area contributed by atoms with Gasteiger partial charge in [-0.15, -0.1) is 0 Å². The first-order valence-electron chi connectivity index (χ1n) is 6.40. The van der Waals surface area contributed by atoms with Crippen LogP contribution in [-0.4, -0.2) is 28.8 Å². The van der Waals surface area contributed by atoms with Gasteiger partial charge in [-0.2, -0.15) is 0 Å². The van der Waals surface area contributed by atoms with Crippen LogP contribution in [-0.2, 0) is 22.4 Å². The predicted octanol–water partition coefficient (Wildman–Crippen LogP) is 1.89. The maximum absolute atomic E-state index is 11.3. The first-order chi connectivity index (χ1) is 8.63. The summed E-state index contributed by atoms with van der Waals surface area (Å²) in [6, 6.07) is 3.84. The van der Waals surface area contributed by atoms with E-state index in [1.165, 1.54) is 0 Å². The van der Waals surface area contributed by atoms with Gasteiger partial charge in [0.15, 0.2) is 0 Å². The first-order valence-corrected chi connectivity index (χ1v) is 6.40. The fourth-order valence-electron chi connectivity index (χ4n) is 1.74. The van der Waals surface area contributed by atoms with E-state index in [1.807, 2.05) is 12.1 Å². The Hall–Kier alpha value is -1.42. The van der Waals surface area contributed by atoms with Crippen molar-refractivity contribution in [2.75, 3.05) is 6.61 Å². The van der Waals surface area contributed by atoms with Crippen molar-refractivity contribution in [1.82, 2.24) is 4.98 Å². The molecule has 1 rings (SSSR count). The van der Waals surface area contributed by atoms with Gasteiger partial charge in [0.1, 0.15) is 0 Å². The van der Waals surface area contributed by atoms with E-state index in [9.17, 15) is 9.90 Å². The van der Waals surface area contributed by atoms with Gasteiger partial charge in [0.05, 0.1) is 12.7 Å². The minimum absolute atomic E-state index is 0.178. The van der Waals surface area contributed by atoms with E-state index in [0.29, 0.717) is 25.9 Å². The Kier molecular flexibility index (Phi) is 6.36. The number of pyridine rings is 1. The molecule has 0 aliphatic rings. The zero-order chi connectivity index (χ0) is 13.4. The number of ether oxygens (including phenoxy) is 1. The van der Waals surface area contributed by atoms with Crippen molar-refractivity contribution in [3.05, 3.63) is 29.6 Å². The highest BCUT2D eigenvalue weighted by Gasteiger charge is 2.08. The van der Waals surface area contributed by atoms with Crippen LogP contribution in [0.5, 0.6) is 0 Å². The fraction of sp³-hybridized carbons (Fsp3) is 0.571. The number of aryl methyl sites for hydroxylation is 2. The molecular weight excluding hydrogens is 230 g/mol. The molecule has 1 aromatic heterocycles. The number of hydrogen-bond acceptors (Lipinski definition) is 4. The van der Waals surface area contributed by atoms with Gasteiger partial charge in [-0.3, -0.25) is 9.78 Å². The molecule has 18 heavy (non-hydrogen) atoms. The third-order valence-electron chi connectivity index (χ3n) is 2.69. The molecule has 1 heterocycles. The molecule has 0 amide bonds. The van der Waals surface area contributed by atoms with Crippen LogP contribution in [0.15, 0.2) is 18.3 Å². The van der Waals surface area contributed by atoms with Crippen molar-refractivity contribution >= 4 is 5.97 Å². The van der Waals surface area contributed by atoms with Gasteiger partial charge >= 0.3 is 5.97 Å². The lowest BCUT2D eigenvalue weighted by Crippen LogP contribution is -2.08. The zero-order valence-corrected chi connectivity index (χ0v) is 11.1. The molecule has 1 unspecified atom stereocenters. The second-order valence-corrected chi connectivity index (χ2v) is 4.30. The monoisotopic (exact) mass is 251 g/mol. The van der Waals surface area contributed by atoms with Gasteiger partial charge in [-0.25, -0.2) is 0 Å². The zero-order valence-electron chi connectivity index (χ0n) is 11.1. The van der Waals surface area contributed by atoms with E-state index in [0.717, 1.165) is 17.7 Å². The second-order valence-electron chi connectivity index (χ2n) is 4.30. The lowest BCUT2D eigenvalue weighted by molar-refractivity contribution is -0.143. The molecule has 1 N–H and O–H groups in total. The maximum atomic E-state index is 11.3. The standard InChI is InChI=1S/C14H21NO3/c1-3-18-14(17)9-7-12-5-4-10-15-13(12)8-6-11(2)16/h4-5,10-11,16H,3,6-9H2,1-2H3. The number of carbonyl (C=O) groups excluding carboxylic acids is 1. The van der Waals surface area contributed by atoms with Crippen molar-refractivity contribution in [2.45, 2.75) is 45.6 Å². The summed E-state index contributed by atoms with van der Waals surface area (Å²) in [5, 5.41) is 9.29. The largest absolute Gasteiger partial charge is 0.466 e. The van der Waals surface area contributed by atoms with Crippen LogP contribution in [0.1, 0.15) is 37.9 Å². The summed E-state index contributed by atoms with van der Waals surface area (Å²) in [5.41, 5.74) is 2.02. The van der Waals surface area contributed by atoms with E-state index in [-0.39, 0.29) is 12.1 Å². The number of aliphatic hydroxyl groups excluding tert-OH is 1. The minimum Gasteiger partial charge on any atom is -0.466 e. The van der Waals surface area contributed by atoms with E-state index in [2.05, 4.69) is 4.98 Å². The number of nitrogens with zero attached hydrogens (tertiary/aromatic N) is 1. The fourth-order valence-corrected chi connectivity index (χ4v) is 1.74. The highest BCUT2D eigenvalue weighted by atomic mass is 16.5. The van der Waals surface area contributed by atoms with Crippen molar-refractivity contribution in [3.8, 4) is 0 Å². The Bertz CT molecular complexity index is 377. The summed E-state index contributed by atoms with van der Waals surface area (Å²) in [6.07, 6.45) is 3.85. The second kappa shape index (κ2) is 7.82. The lowest BCUT2D eigenvalue weighted by atomic mass is 10.0. The highest BCUT2D eigenvalue weighted by Crippen LogP contribution is 2.12. The molecule has 1 atom stereocenters. The van der Waals surface area contributed by atoms with Gasteiger partial charge in [0.2, 0.25) is 0 Å². The molecule has 0 fully saturated rings. The average molecular weight is 251 g/mol. The quantitative estimate of drug-likeness (QED) is 0.752. The molecule has 0 saturated heterocycles. The summed E-state index contributed by atoms with van der Waals surface area (Å²) >= 11 is 0. The molecular formula is C14H21NO3. The molecule has 0 aliphatic heterocycles. The topological polar surface area (TPSA) is 59.4 Å². The van der Waals surface area contributed by atoms with Gasteiger partial charge in [0.25, 0.3) is 0 Å². The van der Waals surface area contributed by atoms with Gasteiger partial charge in [-0.1, -0.05) is 6.07 Å². The number of hydrogen-bond donors (Lipinski definition) is 1. The molecule has 0 aliphatic carbocycles. The smallest absolute Gasteiger partial charge is 0.306 e. The van der Waals surface area contributed by atoms with Crippen LogP contribution >= 0.6 is 0 Å². The Labute approximate surface area is 108 Å². The highest BCUT2D eigenvalue weighted by molar-refractivity contribution is 5.69. The van der Waals surface area contributed by atoms with E-state index < -0.39 is 0 Å². The maximum Gasteiger partial charge on any atom is 0.306 e. The molecule has 0 aromatic carbocycles. The number of rotatable bonds is 7. The van der Waals surface area contributed by atoms with Crippen LogP contribution in [0.3, 0.4) is 0 Å². The molecule has 0 saturated carbocycles. The Balaban J connectivity index is 2.56. The molecule has 4 heteroatoms. The van der Waals surface area contributed by atoms with E-state index in [4.69, 9.17) is 4.74 Å². The number of esters is 1. The third kappa shape index (κ3) is 5.27. The Morgan fingerprint density at radius 2 is 2.28 bits per heavy atom. The number of aliphatic hydroxyl groups is 1. The molecule has 1 aromatic rings. The lowest BCUT2D eigenvalue weighted by Gasteiger charge is -2.09. The number of aromatic nitrogens is 1. The third-order valence-corrected chi connectivity index (χ3v) is 2.69. The van der Waals surface area contributed by atoms with Crippen molar-refractivity contribution in [3.63, 3.8) is 0 Å². The van der Waals surface area contributed by atoms with Crippen LogP contribution in [0.4, 0.5) is 0 Å². The van der Waals surface area contributed by atoms with Crippen molar-refractivity contribution < 1.29 is 14.6 Å². The van der Waals surface area contributed by atoms with Gasteiger partial charge in [-0.05, 0) is 44.7 Å². The minimum atomic E-state index is -0.329. The van der Waals surface area contributed by atoms with Crippen LogP contribution in [0, 0.1) is 0 Å². The summed E-state index contributed by atoms with van der Waals surface area (Å²) in [7, 11) is 0. The van der Waals surface area contributed by atoms with E-state index in [1.54, 1.807) is 20.0 Å². The normalized spacial score (nSPS) is 12.2. The average Bonchev–Trinajstić information content (AvgIpc) is 2.35. The first kappa shape index (κ1) is 14.6. The van der Waals surface area contributed by atoms with Crippen molar-refractivity contribution in [1.29, 1.82) is 0 Å².